The minimum atomic E-state index is -0.297. The Hall–Kier alpha value is -2.18. The van der Waals surface area contributed by atoms with Crippen LogP contribution in [-0.4, -0.2) is 25.7 Å². The first kappa shape index (κ1) is 14.2. The number of aromatic nitrogens is 4. The molecule has 0 aliphatic heterocycles. The van der Waals surface area contributed by atoms with Gasteiger partial charge in [-0.2, -0.15) is 0 Å². The molecule has 7 heteroatoms. The average Bonchev–Trinajstić information content (AvgIpc) is 2.95. The van der Waals surface area contributed by atoms with Gasteiger partial charge in [-0.25, -0.2) is 4.98 Å². The van der Waals surface area contributed by atoms with E-state index in [9.17, 15) is 4.79 Å². The summed E-state index contributed by atoms with van der Waals surface area (Å²) in [6.07, 6.45) is 1.66. The number of rotatable bonds is 4. The molecule has 20 heavy (non-hydrogen) atoms. The summed E-state index contributed by atoms with van der Waals surface area (Å²) < 4.78 is 7.23. The van der Waals surface area contributed by atoms with Gasteiger partial charge >= 0.3 is 0 Å². The lowest BCUT2D eigenvalue weighted by Crippen LogP contribution is -2.29. The zero-order chi connectivity index (χ0) is 14.9. The van der Waals surface area contributed by atoms with Crippen LogP contribution < -0.4 is 5.32 Å². The van der Waals surface area contributed by atoms with Gasteiger partial charge in [-0.05, 0) is 27.7 Å². The molecule has 0 saturated heterocycles. The van der Waals surface area contributed by atoms with Gasteiger partial charge in [0.2, 0.25) is 5.76 Å². The van der Waals surface area contributed by atoms with E-state index in [1.165, 1.54) is 0 Å². The van der Waals surface area contributed by atoms with Gasteiger partial charge in [0, 0.05) is 13.0 Å². The highest BCUT2D eigenvalue weighted by Gasteiger charge is 2.21. The minimum absolute atomic E-state index is 0.230. The van der Waals surface area contributed by atoms with Crippen molar-refractivity contribution in [2.75, 3.05) is 0 Å². The molecule has 1 amide bonds. The zero-order valence-corrected chi connectivity index (χ0v) is 12.3. The van der Waals surface area contributed by atoms with Crippen LogP contribution in [0.5, 0.6) is 0 Å². The first-order valence-electron chi connectivity index (χ1n) is 6.54. The first-order valence-corrected chi connectivity index (χ1v) is 6.54. The number of hydrogen-bond donors (Lipinski definition) is 1. The zero-order valence-electron chi connectivity index (χ0n) is 12.3. The van der Waals surface area contributed by atoms with Crippen LogP contribution in [0.25, 0.3) is 0 Å². The molecule has 7 nitrogen and oxygen atoms in total. The molecule has 2 heterocycles. The van der Waals surface area contributed by atoms with Gasteiger partial charge in [0.15, 0.2) is 11.7 Å². The number of hydrogen-bond acceptors (Lipinski definition) is 5. The Morgan fingerprint density at radius 2 is 2.05 bits per heavy atom. The molecule has 2 aromatic heterocycles. The molecule has 0 bridgehead atoms. The fourth-order valence-corrected chi connectivity index (χ4v) is 2.03. The third-order valence-electron chi connectivity index (χ3n) is 3.00. The van der Waals surface area contributed by atoms with Gasteiger partial charge in [0.25, 0.3) is 5.91 Å². The maximum atomic E-state index is 12.2. The maximum Gasteiger partial charge on any atom is 0.289 e. The van der Waals surface area contributed by atoms with Crippen molar-refractivity contribution in [3.05, 3.63) is 29.5 Å². The predicted octanol–water partition coefficient (Wildman–Crippen LogP) is 1.95. The van der Waals surface area contributed by atoms with Gasteiger partial charge in [-0.1, -0.05) is 0 Å². The average molecular weight is 277 g/mol. The van der Waals surface area contributed by atoms with Crippen molar-refractivity contribution < 1.29 is 9.21 Å². The molecule has 0 spiro atoms. The van der Waals surface area contributed by atoms with Crippen LogP contribution in [-0.2, 0) is 0 Å². The Labute approximate surface area is 117 Å². The molecular weight excluding hydrogens is 258 g/mol. The van der Waals surface area contributed by atoms with Crippen LogP contribution in [0, 0.1) is 13.8 Å². The van der Waals surface area contributed by atoms with E-state index in [0.717, 1.165) is 0 Å². The Balaban J connectivity index is 2.15. The summed E-state index contributed by atoms with van der Waals surface area (Å²) in [5.74, 6) is 1.13. The van der Waals surface area contributed by atoms with E-state index in [1.54, 1.807) is 20.2 Å². The quantitative estimate of drug-likeness (QED) is 0.923. The van der Waals surface area contributed by atoms with E-state index in [0.29, 0.717) is 17.4 Å². The third-order valence-corrected chi connectivity index (χ3v) is 3.00. The van der Waals surface area contributed by atoms with E-state index >= 15 is 0 Å². The number of carbonyl (C=O) groups is 1. The molecule has 108 valence electrons. The van der Waals surface area contributed by atoms with E-state index < -0.39 is 0 Å². The minimum Gasteiger partial charge on any atom is -0.436 e. The van der Waals surface area contributed by atoms with Crippen molar-refractivity contribution in [3.63, 3.8) is 0 Å². The summed E-state index contributed by atoms with van der Waals surface area (Å²) in [4.78, 5) is 16.3. The van der Waals surface area contributed by atoms with Crippen LogP contribution in [0.4, 0.5) is 0 Å². The Morgan fingerprint density at radius 1 is 1.35 bits per heavy atom. The summed E-state index contributed by atoms with van der Waals surface area (Å²) in [6, 6.07) is -0.0363. The fourth-order valence-electron chi connectivity index (χ4n) is 2.03. The van der Waals surface area contributed by atoms with Crippen molar-refractivity contribution in [1.82, 2.24) is 25.1 Å². The molecule has 0 aliphatic carbocycles. The molecule has 2 aromatic rings. The first-order chi connectivity index (χ1) is 9.40. The number of carbonyl (C=O) groups excluding carboxylic acids is 1. The lowest BCUT2D eigenvalue weighted by Gasteiger charge is -2.16. The number of aryl methyl sites for hydroxylation is 2. The number of oxazole rings is 1. The standard InChI is InChI=1S/C13H19N5O2/c1-7(2)18-6-14-17-12(18)9(4)16-13(19)11-8(3)15-10(5)20-11/h6-7,9H,1-5H3,(H,16,19). The molecule has 0 radical (unpaired) electrons. The topological polar surface area (TPSA) is 85.8 Å². The van der Waals surface area contributed by atoms with Crippen molar-refractivity contribution in [1.29, 1.82) is 0 Å². The molecule has 1 unspecified atom stereocenters. The maximum absolute atomic E-state index is 12.2. The molecule has 0 aliphatic rings. The molecule has 1 atom stereocenters. The summed E-state index contributed by atoms with van der Waals surface area (Å²) >= 11 is 0. The summed E-state index contributed by atoms with van der Waals surface area (Å²) in [5, 5.41) is 10.8. The lowest BCUT2D eigenvalue weighted by molar-refractivity contribution is 0.0907. The van der Waals surface area contributed by atoms with Gasteiger partial charge in [0.1, 0.15) is 6.33 Å². The largest absolute Gasteiger partial charge is 0.436 e. The van der Waals surface area contributed by atoms with E-state index in [2.05, 4.69) is 20.5 Å². The monoisotopic (exact) mass is 277 g/mol. The number of nitrogens with zero attached hydrogens (tertiary/aromatic N) is 4. The smallest absolute Gasteiger partial charge is 0.289 e. The Kier molecular flexibility index (Phi) is 3.87. The number of nitrogens with one attached hydrogen (secondary N) is 1. The summed E-state index contributed by atoms with van der Waals surface area (Å²) in [6.45, 7) is 9.38. The van der Waals surface area contributed by atoms with Gasteiger partial charge in [-0.15, -0.1) is 10.2 Å². The highest BCUT2D eigenvalue weighted by atomic mass is 16.4. The number of amides is 1. The normalized spacial score (nSPS) is 12.7. The molecule has 0 saturated carbocycles. The third kappa shape index (κ3) is 2.71. The fraction of sp³-hybridized carbons (Fsp3) is 0.538. The summed E-state index contributed by atoms with van der Waals surface area (Å²) in [5.41, 5.74) is 0.581. The van der Waals surface area contributed by atoms with E-state index in [4.69, 9.17) is 4.42 Å². The van der Waals surface area contributed by atoms with Crippen molar-refractivity contribution >= 4 is 5.91 Å². The van der Waals surface area contributed by atoms with Crippen LogP contribution in [0.1, 0.15) is 60.8 Å². The van der Waals surface area contributed by atoms with Crippen molar-refractivity contribution in [2.24, 2.45) is 0 Å². The molecule has 1 N–H and O–H groups in total. The van der Waals surface area contributed by atoms with Crippen molar-refractivity contribution in [3.8, 4) is 0 Å². The second-order valence-electron chi connectivity index (χ2n) is 5.03. The highest BCUT2D eigenvalue weighted by molar-refractivity contribution is 5.92. The van der Waals surface area contributed by atoms with Gasteiger partial charge in [0.05, 0.1) is 11.7 Å². The van der Waals surface area contributed by atoms with Gasteiger partial charge < -0.3 is 14.3 Å². The highest BCUT2D eigenvalue weighted by Crippen LogP contribution is 2.16. The van der Waals surface area contributed by atoms with Crippen molar-refractivity contribution in [2.45, 2.75) is 46.7 Å². The second-order valence-corrected chi connectivity index (χ2v) is 5.03. The van der Waals surface area contributed by atoms with Gasteiger partial charge in [-0.3, -0.25) is 4.79 Å². The predicted molar refractivity (Wildman–Crippen MR) is 72.3 cm³/mol. The Bertz CT molecular complexity index is 614. The molecule has 0 fully saturated rings. The van der Waals surface area contributed by atoms with E-state index in [1.807, 2.05) is 25.3 Å². The molecular formula is C13H19N5O2. The summed E-state index contributed by atoms with van der Waals surface area (Å²) in [7, 11) is 0. The van der Waals surface area contributed by atoms with Crippen LogP contribution >= 0.6 is 0 Å². The second kappa shape index (κ2) is 5.44. The molecule has 2 rings (SSSR count). The SMILES string of the molecule is Cc1nc(C)c(C(=O)NC(C)c2nncn2C(C)C)o1. The van der Waals surface area contributed by atoms with Crippen LogP contribution in [0.3, 0.4) is 0 Å². The lowest BCUT2D eigenvalue weighted by atomic mass is 10.2. The molecule has 0 aromatic carbocycles. The van der Waals surface area contributed by atoms with E-state index in [-0.39, 0.29) is 23.8 Å². The van der Waals surface area contributed by atoms with Crippen LogP contribution in [0.2, 0.25) is 0 Å². The van der Waals surface area contributed by atoms with Crippen LogP contribution in [0.15, 0.2) is 10.7 Å². The Morgan fingerprint density at radius 3 is 2.60 bits per heavy atom.